The van der Waals surface area contributed by atoms with Gasteiger partial charge in [-0.3, -0.25) is 4.79 Å². The van der Waals surface area contributed by atoms with Crippen LogP contribution in [0.1, 0.15) is 0 Å². The van der Waals surface area contributed by atoms with Gasteiger partial charge in [0.15, 0.2) is 0 Å². The van der Waals surface area contributed by atoms with E-state index >= 15 is 0 Å². The molecule has 1 saturated heterocycles. The van der Waals surface area contributed by atoms with Crippen molar-refractivity contribution in [1.29, 1.82) is 0 Å². The molecule has 0 amide bonds. The number of nitrogens with zero attached hydrogens (tertiary/aromatic N) is 1. The molecule has 0 spiro atoms. The molecule has 0 aromatic heterocycles. The third-order valence-corrected chi connectivity index (χ3v) is 6.16. The Morgan fingerprint density at radius 3 is 2.79 bits per heavy atom. The van der Waals surface area contributed by atoms with Crippen LogP contribution in [0.5, 0.6) is 0 Å². The van der Waals surface area contributed by atoms with Crippen LogP contribution in [-0.2, 0) is 14.8 Å². The van der Waals surface area contributed by atoms with Gasteiger partial charge in [-0.1, -0.05) is 15.9 Å². The Labute approximate surface area is 122 Å². The molecule has 104 valence electrons. The maximum absolute atomic E-state index is 13.7. The standard InChI is InChI=1S/C10H9BrFNO4S2/c11-6-1-2-9(7(12)3-6)19(16,17)13-5-18-4-8(13)10(14)15/h1-3,8H,4-5H2,(H,14,15)/t8-/m0/s1. The molecule has 1 fully saturated rings. The van der Waals surface area contributed by atoms with Crippen LogP contribution in [0.4, 0.5) is 4.39 Å². The quantitative estimate of drug-likeness (QED) is 0.877. The van der Waals surface area contributed by atoms with Crippen LogP contribution in [0.2, 0.25) is 0 Å². The Morgan fingerprint density at radius 1 is 1.53 bits per heavy atom. The number of carboxylic acids is 1. The first-order chi connectivity index (χ1) is 8.84. The Kier molecular flexibility index (Phi) is 4.19. The average molecular weight is 370 g/mol. The monoisotopic (exact) mass is 369 g/mol. The molecule has 0 bridgehead atoms. The minimum absolute atomic E-state index is 0.00873. The van der Waals surface area contributed by atoms with Crippen LogP contribution >= 0.6 is 27.7 Å². The molecule has 0 unspecified atom stereocenters. The van der Waals surface area contributed by atoms with Gasteiger partial charge in [0.25, 0.3) is 0 Å². The number of sulfonamides is 1. The zero-order valence-corrected chi connectivity index (χ0v) is 12.6. The van der Waals surface area contributed by atoms with Crippen molar-refractivity contribution >= 4 is 43.7 Å². The largest absolute Gasteiger partial charge is 0.480 e. The van der Waals surface area contributed by atoms with Crippen molar-refractivity contribution in [3.8, 4) is 0 Å². The number of halogens is 2. The molecule has 1 aliphatic heterocycles. The molecule has 9 heteroatoms. The van der Waals surface area contributed by atoms with E-state index in [9.17, 15) is 17.6 Å². The number of carboxylic acid groups (broad SMARTS) is 1. The van der Waals surface area contributed by atoms with Crippen LogP contribution in [0.3, 0.4) is 0 Å². The van der Waals surface area contributed by atoms with Gasteiger partial charge in [0.05, 0.1) is 5.88 Å². The highest BCUT2D eigenvalue weighted by molar-refractivity contribution is 9.10. The van der Waals surface area contributed by atoms with Crippen molar-refractivity contribution in [2.24, 2.45) is 0 Å². The second-order valence-electron chi connectivity index (χ2n) is 3.82. The molecule has 1 aliphatic rings. The SMILES string of the molecule is O=C(O)[C@@H]1CSCN1S(=O)(=O)c1ccc(Br)cc1F. The molecule has 0 saturated carbocycles. The number of rotatable bonds is 3. The summed E-state index contributed by atoms with van der Waals surface area (Å²) in [4.78, 5) is 10.5. The summed E-state index contributed by atoms with van der Waals surface area (Å²) in [6.45, 7) is 0. The van der Waals surface area contributed by atoms with Gasteiger partial charge in [0, 0.05) is 10.2 Å². The number of hydrogen-bond acceptors (Lipinski definition) is 4. The van der Waals surface area contributed by atoms with Gasteiger partial charge < -0.3 is 5.11 Å². The first-order valence-corrected chi connectivity index (χ1v) is 8.50. The molecule has 0 radical (unpaired) electrons. The summed E-state index contributed by atoms with van der Waals surface area (Å²) in [7, 11) is -4.14. The smallest absolute Gasteiger partial charge is 0.322 e. The maximum atomic E-state index is 13.7. The zero-order chi connectivity index (χ0) is 14.2. The predicted octanol–water partition coefficient (Wildman–Crippen LogP) is 1.74. The number of carbonyl (C=O) groups is 1. The van der Waals surface area contributed by atoms with Crippen LogP contribution in [0.25, 0.3) is 0 Å². The summed E-state index contributed by atoms with van der Waals surface area (Å²) in [5, 5.41) is 8.99. The van der Waals surface area contributed by atoms with Crippen LogP contribution in [-0.4, -0.2) is 41.5 Å². The molecule has 1 N–H and O–H groups in total. The number of hydrogen-bond donors (Lipinski definition) is 1. The topological polar surface area (TPSA) is 74.7 Å². The van der Waals surface area contributed by atoms with Gasteiger partial charge in [-0.15, -0.1) is 11.8 Å². The summed E-state index contributed by atoms with van der Waals surface area (Å²) < 4.78 is 39.5. The van der Waals surface area contributed by atoms with Gasteiger partial charge >= 0.3 is 5.97 Å². The normalized spacial score (nSPS) is 20.6. The minimum atomic E-state index is -4.14. The van der Waals surface area contributed by atoms with Gasteiger partial charge in [-0.25, -0.2) is 12.8 Å². The maximum Gasteiger partial charge on any atom is 0.322 e. The summed E-state index contributed by atoms with van der Waals surface area (Å²) in [6.07, 6.45) is 0. The van der Waals surface area contributed by atoms with Crippen molar-refractivity contribution in [1.82, 2.24) is 4.31 Å². The molecule has 19 heavy (non-hydrogen) atoms. The molecular formula is C10H9BrFNO4S2. The Bertz CT molecular complexity index is 622. The van der Waals surface area contributed by atoms with Crippen LogP contribution < -0.4 is 0 Å². The third kappa shape index (κ3) is 2.78. The lowest BCUT2D eigenvalue weighted by atomic mass is 10.3. The van der Waals surface area contributed by atoms with Crippen LogP contribution in [0, 0.1) is 5.82 Å². The first-order valence-electron chi connectivity index (χ1n) is 5.11. The fraction of sp³-hybridized carbons (Fsp3) is 0.300. The highest BCUT2D eigenvalue weighted by Crippen LogP contribution is 2.30. The second kappa shape index (κ2) is 5.39. The van der Waals surface area contributed by atoms with E-state index in [1.54, 1.807) is 0 Å². The van der Waals surface area contributed by atoms with Gasteiger partial charge in [-0.05, 0) is 18.2 Å². The van der Waals surface area contributed by atoms with Crippen molar-refractivity contribution < 1.29 is 22.7 Å². The minimum Gasteiger partial charge on any atom is -0.480 e. The lowest BCUT2D eigenvalue weighted by molar-refractivity contribution is -0.140. The van der Waals surface area contributed by atoms with Crippen molar-refractivity contribution in [2.75, 3.05) is 11.6 Å². The Morgan fingerprint density at radius 2 is 2.21 bits per heavy atom. The zero-order valence-electron chi connectivity index (χ0n) is 9.42. The molecular weight excluding hydrogens is 361 g/mol. The summed E-state index contributed by atoms with van der Waals surface area (Å²) in [6, 6.07) is 2.40. The molecule has 1 heterocycles. The molecule has 1 aromatic rings. The fourth-order valence-corrected chi connectivity index (χ4v) is 5.18. The molecule has 1 aromatic carbocycles. The number of thioether (sulfide) groups is 1. The second-order valence-corrected chi connectivity index (χ2v) is 7.60. The van der Waals surface area contributed by atoms with Crippen LogP contribution in [0.15, 0.2) is 27.6 Å². The van der Waals surface area contributed by atoms with E-state index in [-0.39, 0.29) is 11.6 Å². The number of benzene rings is 1. The lowest BCUT2D eigenvalue weighted by Crippen LogP contribution is -2.41. The van der Waals surface area contributed by atoms with E-state index in [0.29, 0.717) is 4.47 Å². The van der Waals surface area contributed by atoms with E-state index in [2.05, 4.69) is 15.9 Å². The van der Waals surface area contributed by atoms with Gasteiger partial charge in [0.2, 0.25) is 10.0 Å². The first kappa shape index (κ1) is 14.8. The molecule has 5 nitrogen and oxygen atoms in total. The van der Waals surface area contributed by atoms with Gasteiger partial charge in [-0.2, -0.15) is 4.31 Å². The lowest BCUT2D eigenvalue weighted by Gasteiger charge is -2.20. The highest BCUT2D eigenvalue weighted by Gasteiger charge is 2.41. The average Bonchev–Trinajstić information content (AvgIpc) is 2.77. The molecule has 2 rings (SSSR count). The van der Waals surface area contributed by atoms with Crippen molar-refractivity contribution in [3.63, 3.8) is 0 Å². The Balaban J connectivity index is 2.45. The van der Waals surface area contributed by atoms with Crippen molar-refractivity contribution in [3.05, 3.63) is 28.5 Å². The number of aliphatic carboxylic acids is 1. The Hall–Kier alpha value is -0.640. The fourth-order valence-electron chi connectivity index (χ4n) is 1.67. The summed E-state index contributed by atoms with van der Waals surface area (Å²) in [5.74, 6) is -1.97. The van der Waals surface area contributed by atoms with Crippen molar-refractivity contribution in [2.45, 2.75) is 10.9 Å². The van der Waals surface area contributed by atoms with E-state index in [1.165, 1.54) is 17.8 Å². The highest BCUT2D eigenvalue weighted by atomic mass is 79.9. The molecule has 0 aliphatic carbocycles. The van der Waals surface area contributed by atoms with Gasteiger partial charge in [0.1, 0.15) is 16.8 Å². The predicted molar refractivity (Wildman–Crippen MR) is 71.9 cm³/mol. The summed E-state index contributed by atoms with van der Waals surface area (Å²) >= 11 is 4.22. The van der Waals surface area contributed by atoms with E-state index in [4.69, 9.17) is 5.11 Å². The molecule has 1 atom stereocenters. The van der Waals surface area contributed by atoms with E-state index in [0.717, 1.165) is 16.4 Å². The third-order valence-electron chi connectivity index (χ3n) is 2.61. The van der Waals surface area contributed by atoms with E-state index in [1.807, 2.05) is 0 Å². The summed E-state index contributed by atoms with van der Waals surface area (Å²) in [5.41, 5.74) is 0. The van der Waals surface area contributed by atoms with E-state index < -0.39 is 32.7 Å².